The number of benzene rings is 1. The lowest BCUT2D eigenvalue weighted by molar-refractivity contribution is 0.0946. The highest BCUT2D eigenvalue weighted by atomic mass is 16.7. The summed E-state index contributed by atoms with van der Waals surface area (Å²) in [5.41, 5.74) is 1.51. The van der Waals surface area contributed by atoms with Gasteiger partial charge in [0, 0.05) is 24.8 Å². The lowest BCUT2D eigenvalue weighted by Gasteiger charge is -2.08. The summed E-state index contributed by atoms with van der Waals surface area (Å²) < 4.78 is 10.6. The molecule has 2 heterocycles. The highest BCUT2D eigenvalue weighted by Gasteiger charge is 2.15. The van der Waals surface area contributed by atoms with E-state index < -0.39 is 0 Å². The van der Waals surface area contributed by atoms with E-state index in [-0.39, 0.29) is 24.3 Å². The van der Waals surface area contributed by atoms with Crippen LogP contribution in [0.2, 0.25) is 0 Å². The first-order chi connectivity index (χ1) is 12.7. The van der Waals surface area contributed by atoms with Gasteiger partial charge in [0.15, 0.2) is 11.5 Å². The molecule has 26 heavy (non-hydrogen) atoms. The van der Waals surface area contributed by atoms with Gasteiger partial charge in [0.25, 0.3) is 11.8 Å². The van der Waals surface area contributed by atoms with Crippen molar-refractivity contribution in [3.63, 3.8) is 0 Å². The van der Waals surface area contributed by atoms with E-state index in [4.69, 9.17) is 9.47 Å². The Bertz CT molecular complexity index is 807. The van der Waals surface area contributed by atoms with Gasteiger partial charge in [0.2, 0.25) is 6.79 Å². The number of pyridine rings is 1. The lowest BCUT2D eigenvalue weighted by Crippen LogP contribution is -2.26. The molecular weight excluding hydrogens is 334 g/mol. The van der Waals surface area contributed by atoms with E-state index in [0.717, 1.165) is 18.4 Å². The Kier molecular flexibility index (Phi) is 5.68. The molecular formula is C19H21N3O4. The third-order valence-corrected chi connectivity index (χ3v) is 3.96. The van der Waals surface area contributed by atoms with Crippen LogP contribution in [0.1, 0.15) is 46.2 Å². The number of carbonyl (C=O) groups excluding carboxylic acids is 2. The Labute approximate surface area is 151 Å². The van der Waals surface area contributed by atoms with E-state index in [2.05, 4.69) is 22.5 Å². The van der Waals surface area contributed by atoms with Gasteiger partial charge in [-0.25, -0.2) is 0 Å². The van der Waals surface area contributed by atoms with E-state index in [1.165, 1.54) is 12.3 Å². The molecule has 3 rings (SSSR count). The van der Waals surface area contributed by atoms with Gasteiger partial charge in [-0.15, -0.1) is 0 Å². The van der Waals surface area contributed by atoms with E-state index in [0.29, 0.717) is 30.2 Å². The predicted octanol–water partition coefficient (Wildman–Crippen LogP) is 2.27. The number of ether oxygens (including phenoxy) is 2. The SMILES string of the molecule is CCCCNC(=O)c1ccnc(C(=O)NCc2ccc3c(c2)OCO3)c1. The maximum atomic E-state index is 12.3. The van der Waals surface area contributed by atoms with Crippen molar-refractivity contribution in [2.75, 3.05) is 13.3 Å². The number of aromatic nitrogens is 1. The summed E-state index contributed by atoms with van der Waals surface area (Å²) in [6, 6.07) is 8.59. The van der Waals surface area contributed by atoms with Crippen LogP contribution in [0, 0.1) is 0 Å². The van der Waals surface area contributed by atoms with Gasteiger partial charge < -0.3 is 20.1 Å². The van der Waals surface area contributed by atoms with Crippen LogP contribution in [-0.2, 0) is 6.54 Å². The molecule has 0 bridgehead atoms. The predicted molar refractivity (Wildman–Crippen MR) is 95.2 cm³/mol. The van der Waals surface area contributed by atoms with Crippen LogP contribution >= 0.6 is 0 Å². The molecule has 0 saturated heterocycles. The van der Waals surface area contributed by atoms with Gasteiger partial charge in [0.05, 0.1) is 0 Å². The van der Waals surface area contributed by atoms with Crippen LogP contribution in [0.5, 0.6) is 11.5 Å². The Morgan fingerprint density at radius 1 is 1.08 bits per heavy atom. The number of rotatable bonds is 7. The lowest BCUT2D eigenvalue weighted by atomic mass is 10.2. The quantitative estimate of drug-likeness (QED) is 0.744. The maximum Gasteiger partial charge on any atom is 0.270 e. The fourth-order valence-electron chi connectivity index (χ4n) is 2.50. The molecule has 7 heteroatoms. The smallest absolute Gasteiger partial charge is 0.270 e. The van der Waals surface area contributed by atoms with Crippen LogP contribution in [-0.4, -0.2) is 30.1 Å². The minimum absolute atomic E-state index is 0.203. The molecule has 2 N–H and O–H groups in total. The number of nitrogens with zero attached hydrogens (tertiary/aromatic N) is 1. The Morgan fingerprint density at radius 2 is 1.92 bits per heavy atom. The first kappa shape index (κ1) is 17.7. The van der Waals surface area contributed by atoms with Crippen molar-refractivity contribution in [1.29, 1.82) is 0 Å². The van der Waals surface area contributed by atoms with Crippen molar-refractivity contribution < 1.29 is 19.1 Å². The number of carbonyl (C=O) groups is 2. The third kappa shape index (κ3) is 4.30. The molecule has 0 unspecified atom stereocenters. The summed E-state index contributed by atoms with van der Waals surface area (Å²) in [6.07, 6.45) is 3.38. The molecule has 2 aromatic rings. The van der Waals surface area contributed by atoms with Crippen LogP contribution in [0.25, 0.3) is 0 Å². The Balaban J connectivity index is 1.59. The van der Waals surface area contributed by atoms with Crippen molar-refractivity contribution in [3.8, 4) is 11.5 Å². The van der Waals surface area contributed by atoms with Crippen molar-refractivity contribution in [1.82, 2.24) is 15.6 Å². The van der Waals surface area contributed by atoms with E-state index in [9.17, 15) is 9.59 Å². The minimum atomic E-state index is -0.342. The fraction of sp³-hybridized carbons (Fsp3) is 0.316. The van der Waals surface area contributed by atoms with Crippen LogP contribution in [0.4, 0.5) is 0 Å². The van der Waals surface area contributed by atoms with E-state index in [1.807, 2.05) is 18.2 Å². The molecule has 0 saturated carbocycles. The van der Waals surface area contributed by atoms with E-state index in [1.54, 1.807) is 6.07 Å². The zero-order chi connectivity index (χ0) is 18.4. The van der Waals surface area contributed by atoms with Crippen molar-refractivity contribution in [2.24, 2.45) is 0 Å². The average molecular weight is 355 g/mol. The highest BCUT2D eigenvalue weighted by Crippen LogP contribution is 2.32. The second-order valence-electron chi connectivity index (χ2n) is 5.91. The van der Waals surface area contributed by atoms with Crippen LogP contribution < -0.4 is 20.1 Å². The average Bonchev–Trinajstić information content (AvgIpc) is 3.14. The second kappa shape index (κ2) is 8.33. The number of fused-ring (bicyclic) bond motifs is 1. The van der Waals surface area contributed by atoms with Crippen molar-refractivity contribution in [2.45, 2.75) is 26.3 Å². The first-order valence-electron chi connectivity index (χ1n) is 8.58. The van der Waals surface area contributed by atoms with Gasteiger partial charge in [-0.05, 0) is 36.2 Å². The fourth-order valence-corrected chi connectivity index (χ4v) is 2.50. The molecule has 136 valence electrons. The first-order valence-corrected chi connectivity index (χ1v) is 8.58. The van der Waals surface area contributed by atoms with Gasteiger partial charge in [0.1, 0.15) is 5.69 Å². The van der Waals surface area contributed by atoms with Gasteiger partial charge in [-0.1, -0.05) is 19.4 Å². The normalized spacial score (nSPS) is 11.9. The van der Waals surface area contributed by atoms with Crippen LogP contribution in [0.3, 0.4) is 0 Å². The molecule has 0 aliphatic carbocycles. The standard InChI is InChI=1S/C19H21N3O4/c1-2-3-7-21-18(23)14-6-8-20-15(10-14)19(24)22-11-13-4-5-16-17(9-13)26-12-25-16/h4-6,8-10H,2-3,7,11-12H2,1H3,(H,21,23)(H,22,24). The largest absolute Gasteiger partial charge is 0.454 e. The summed E-state index contributed by atoms with van der Waals surface area (Å²) in [6.45, 7) is 3.21. The third-order valence-electron chi connectivity index (χ3n) is 3.96. The molecule has 1 aliphatic rings. The van der Waals surface area contributed by atoms with Crippen molar-refractivity contribution >= 4 is 11.8 Å². The van der Waals surface area contributed by atoms with Crippen molar-refractivity contribution in [3.05, 3.63) is 53.3 Å². The summed E-state index contributed by atoms with van der Waals surface area (Å²) in [7, 11) is 0. The number of hydrogen-bond donors (Lipinski definition) is 2. The van der Waals surface area contributed by atoms with Gasteiger partial charge >= 0.3 is 0 Å². The molecule has 7 nitrogen and oxygen atoms in total. The van der Waals surface area contributed by atoms with Crippen LogP contribution in [0.15, 0.2) is 36.5 Å². The Morgan fingerprint density at radius 3 is 2.77 bits per heavy atom. The molecule has 0 atom stereocenters. The molecule has 2 amide bonds. The summed E-state index contributed by atoms with van der Waals surface area (Å²) >= 11 is 0. The van der Waals surface area contributed by atoms with Gasteiger partial charge in [-0.3, -0.25) is 14.6 Å². The number of unbranched alkanes of at least 4 members (excludes halogenated alkanes) is 1. The Hall–Kier alpha value is -3.09. The number of amides is 2. The summed E-state index contributed by atoms with van der Waals surface area (Å²) in [5.74, 6) is 0.820. The molecule has 1 aromatic heterocycles. The highest BCUT2D eigenvalue weighted by molar-refractivity contribution is 5.98. The number of hydrogen-bond acceptors (Lipinski definition) is 5. The summed E-state index contributed by atoms with van der Waals surface area (Å²) in [4.78, 5) is 28.5. The molecule has 0 fully saturated rings. The zero-order valence-corrected chi connectivity index (χ0v) is 14.6. The monoisotopic (exact) mass is 355 g/mol. The van der Waals surface area contributed by atoms with Gasteiger partial charge in [-0.2, -0.15) is 0 Å². The molecule has 1 aliphatic heterocycles. The topological polar surface area (TPSA) is 89.6 Å². The molecule has 1 aromatic carbocycles. The minimum Gasteiger partial charge on any atom is -0.454 e. The maximum absolute atomic E-state index is 12.3. The second-order valence-corrected chi connectivity index (χ2v) is 5.91. The molecule has 0 spiro atoms. The summed E-state index contributed by atoms with van der Waals surface area (Å²) in [5, 5.41) is 5.62. The molecule has 0 radical (unpaired) electrons. The zero-order valence-electron chi connectivity index (χ0n) is 14.6. The number of nitrogens with one attached hydrogen (secondary N) is 2. The van der Waals surface area contributed by atoms with E-state index >= 15 is 0 Å².